The van der Waals surface area contributed by atoms with Gasteiger partial charge in [-0.2, -0.15) is 0 Å². The molecule has 1 atom stereocenters. The largest absolute Gasteiger partial charge is 0.463 e. The van der Waals surface area contributed by atoms with Crippen LogP contribution in [0.15, 0.2) is 24.3 Å². The molecule has 0 N–H and O–H groups in total. The summed E-state index contributed by atoms with van der Waals surface area (Å²) in [5.74, 6) is -0.632. The molecule has 5 nitrogen and oxygen atoms in total. The smallest absolute Gasteiger partial charge is 0.334 e. The van der Waals surface area contributed by atoms with Gasteiger partial charge in [0.2, 0.25) is 0 Å². The summed E-state index contributed by atoms with van der Waals surface area (Å²) in [7, 11) is 0. The third kappa shape index (κ3) is 10.8. The first kappa shape index (κ1) is 21.7. The summed E-state index contributed by atoms with van der Waals surface area (Å²) in [6.07, 6.45) is -0.167. The number of hydrogen-bond donors (Lipinski definition) is 0. The summed E-state index contributed by atoms with van der Waals surface area (Å²) in [4.78, 5) is 23.6. The van der Waals surface area contributed by atoms with Crippen molar-refractivity contribution in [1.82, 2.24) is 4.90 Å². The summed E-state index contributed by atoms with van der Waals surface area (Å²) in [6, 6.07) is 0. The van der Waals surface area contributed by atoms with E-state index in [4.69, 9.17) is 4.74 Å². The molecule has 0 heterocycles. The number of esters is 2. The fourth-order valence-electron chi connectivity index (χ4n) is 1.32. The van der Waals surface area contributed by atoms with Crippen LogP contribution in [0.5, 0.6) is 0 Å². The summed E-state index contributed by atoms with van der Waals surface area (Å²) in [5.41, 5.74) is 0.894. The fraction of sp³-hybridized carbons (Fsp3) is 0.625. The molecule has 0 aromatic carbocycles. The molecule has 0 amide bonds. The van der Waals surface area contributed by atoms with Crippen LogP contribution < -0.4 is 0 Å². The summed E-state index contributed by atoms with van der Waals surface area (Å²) >= 11 is 0. The molecular weight excluding hydrogens is 270 g/mol. The van der Waals surface area contributed by atoms with Gasteiger partial charge in [0.15, 0.2) is 6.23 Å². The maximum Gasteiger partial charge on any atom is 0.334 e. The van der Waals surface area contributed by atoms with Crippen molar-refractivity contribution < 1.29 is 19.1 Å². The molecule has 0 aliphatic heterocycles. The molecule has 0 rings (SSSR count). The fourth-order valence-corrected chi connectivity index (χ4v) is 1.32. The van der Waals surface area contributed by atoms with Crippen LogP contribution in [0.25, 0.3) is 0 Å². The Bertz CT molecular complexity index is 359. The lowest BCUT2D eigenvalue weighted by Crippen LogP contribution is -2.36. The van der Waals surface area contributed by atoms with E-state index in [-0.39, 0.29) is 18.2 Å². The molecule has 122 valence electrons. The topological polar surface area (TPSA) is 55.8 Å². The average molecular weight is 299 g/mol. The molecule has 0 saturated heterocycles. The molecule has 0 fully saturated rings. The zero-order valence-electron chi connectivity index (χ0n) is 14.2. The van der Waals surface area contributed by atoms with E-state index in [1.165, 1.54) is 0 Å². The molecule has 0 aromatic rings. The van der Waals surface area contributed by atoms with E-state index < -0.39 is 0 Å². The van der Waals surface area contributed by atoms with Gasteiger partial charge in [0.25, 0.3) is 0 Å². The predicted octanol–water partition coefficient (Wildman–Crippen LogP) is 2.92. The van der Waals surface area contributed by atoms with Crippen LogP contribution >= 0.6 is 0 Å². The molecule has 0 aliphatic carbocycles. The number of ether oxygens (including phenoxy) is 2. The van der Waals surface area contributed by atoms with Crippen LogP contribution in [-0.2, 0) is 19.1 Å². The second-order valence-electron chi connectivity index (χ2n) is 4.51. The lowest BCUT2D eigenvalue weighted by atomic mass is 10.3. The van der Waals surface area contributed by atoms with Gasteiger partial charge in [-0.3, -0.25) is 4.90 Å². The Morgan fingerprint density at radius 1 is 1.00 bits per heavy atom. The van der Waals surface area contributed by atoms with Crippen molar-refractivity contribution in [2.45, 2.75) is 47.8 Å². The van der Waals surface area contributed by atoms with Crippen molar-refractivity contribution in [3.05, 3.63) is 24.3 Å². The van der Waals surface area contributed by atoms with Crippen LogP contribution in [0.2, 0.25) is 0 Å². The molecule has 0 spiro atoms. The third-order valence-electron chi connectivity index (χ3n) is 2.58. The van der Waals surface area contributed by atoms with Crippen LogP contribution in [-0.4, -0.2) is 42.8 Å². The summed E-state index contributed by atoms with van der Waals surface area (Å²) < 4.78 is 9.71. The molecule has 0 bridgehead atoms. The van der Waals surface area contributed by atoms with E-state index in [1.54, 1.807) is 20.8 Å². The van der Waals surface area contributed by atoms with Gasteiger partial charge in [0.05, 0.1) is 6.61 Å². The highest BCUT2D eigenvalue weighted by Crippen LogP contribution is 2.03. The van der Waals surface area contributed by atoms with Gasteiger partial charge in [-0.15, -0.1) is 0 Å². The summed E-state index contributed by atoms with van der Waals surface area (Å²) in [6.45, 7) is 20.1. The zero-order valence-corrected chi connectivity index (χ0v) is 14.2. The molecule has 0 aromatic heterocycles. The Hall–Kier alpha value is -1.62. The number of carbonyl (C=O) groups excluding carboxylic acids is 2. The van der Waals surface area contributed by atoms with Gasteiger partial charge < -0.3 is 9.47 Å². The van der Waals surface area contributed by atoms with Crippen molar-refractivity contribution in [2.24, 2.45) is 0 Å². The van der Waals surface area contributed by atoms with E-state index in [9.17, 15) is 9.59 Å². The lowest BCUT2D eigenvalue weighted by Gasteiger charge is -2.25. The molecule has 0 radical (unpaired) electrons. The van der Waals surface area contributed by atoms with E-state index in [2.05, 4.69) is 22.8 Å². The minimum atomic E-state index is -0.320. The monoisotopic (exact) mass is 299 g/mol. The van der Waals surface area contributed by atoms with E-state index in [0.29, 0.717) is 17.8 Å². The van der Waals surface area contributed by atoms with Crippen LogP contribution in [0, 0.1) is 0 Å². The lowest BCUT2D eigenvalue weighted by molar-refractivity contribution is -0.152. The standard InChI is InChI=1S/C10H19NO2.C6H10O2/c1-6-11(7-2)9(5)13-10(12)8(3)4;1-4-8-6(7)5(2)3/h9H,3,6-7H2,1-2,4-5H3;2,4H2,1,3H3. The van der Waals surface area contributed by atoms with Gasteiger partial charge in [-0.1, -0.05) is 27.0 Å². The van der Waals surface area contributed by atoms with Crippen molar-refractivity contribution in [2.75, 3.05) is 19.7 Å². The molecule has 1 unspecified atom stereocenters. The number of rotatable bonds is 7. The van der Waals surface area contributed by atoms with Gasteiger partial charge >= 0.3 is 11.9 Å². The minimum Gasteiger partial charge on any atom is -0.463 e. The van der Waals surface area contributed by atoms with E-state index in [0.717, 1.165) is 13.1 Å². The number of hydrogen-bond acceptors (Lipinski definition) is 5. The SMILES string of the molecule is C=C(C)C(=O)OC(C)N(CC)CC.C=C(C)C(=O)OCC. The molecule has 5 heteroatoms. The van der Waals surface area contributed by atoms with E-state index in [1.807, 2.05) is 20.8 Å². The quantitative estimate of drug-likeness (QED) is 0.411. The van der Waals surface area contributed by atoms with Crippen LogP contribution in [0.1, 0.15) is 41.5 Å². The first-order valence-electron chi connectivity index (χ1n) is 7.14. The van der Waals surface area contributed by atoms with E-state index >= 15 is 0 Å². The van der Waals surface area contributed by atoms with Crippen molar-refractivity contribution in [3.8, 4) is 0 Å². The normalized spacial score (nSPS) is 11.0. The highest BCUT2D eigenvalue weighted by atomic mass is 16.6. The Kier molecular flexibility index (Phi) is 12.5. The minimum absolute atomic E-state index is 0.167. The maximum atomic E-state index is 11.1. The second-order valence-corrected chi connectivity index (χ2v) is 4.51. The molecule has 21 heavy (non-hydrogen) atoms. The third-order valence-corrected chi connectivity index (χ3v) is 2.58. The maximum absolute atomic E-state index is 11.1. The average Bonchev–Trinajstić information content (AvgIpc) is 2.40. The molecule has 0 aliphatic rings. The highest BCUT2D eigenvalue weighted by molar-refractivity contribution is 5.87. The van der Waals surface area contributed by atoms with Gasteiger partial charge in [0.1, 0.15) is 0 Å². The first-order valence-corrected chi connectivity index (χ1v) is 7.14. The predicted molar refractivity (Wildman–Crippen MR) is 84.7 cm³/mol. The number of carbonyl (C=O) groups is 2. The first-order chi connectivity index (χ1) is 9.70. The molecule has 0 saturated carbocycles. The zero-order chi connectivity index (χ0) is 17.0. The van der Waals surface area contributed by atoms with Gasteiger partial charge in [-0.05, 0) is 40.8 Å². The Balaban J connectivity index is 0. The Morgan fingerprint density at radius 2 is 1.43 bits per heavy atom. The van der Waals surface area contributed by atoms with Crippen molar-refractivity contribution >= 4 is 11.9 Å². The Morgan fingerprint density at radius 3 is 1.67 bits per heavy atom. The Labute approximate surface area is 128 Å². The second kappa shape index (κ2) is 12.1. The highest BCUT2D eigenvalue weighted by Gasteiger charge is 2.14. The van der Waals surface area contributed by atoms with Crippen LogP contribution in [0.3, 0.4) is 0 Å². The van der Waals surface area contributed by atoms with Crippen molar-refractivity contribution in [1.29, 1.82) is 0 Å². The summed E-state index contributed by atoms with van der Waals surface area (Å²) in [5, 5.41) is 0. The molecular formula is C16H29NO4. The van der Waals surface area contributed by atoms with Crippen LogP contribution in [0.4, 0.5) is 0 Å². The number of nitrogens with zero attached hydrogens (tertiary/aromatic N) is 1. The van der Waals surface area contributed by atoms with Gasteiger partial charge in [0, 0.05) is 11.1 Å². The van der Waals surface area contributed by atoms with Crippen molar-refractivity contribution in [3.63, 3.8) is 0 Å². The van der Waals surface area contributed by atoms with Gasteiger partial charge in [-0.25, -0.2) is 9.59 Å².